The van der Waals surface area contributed by atoms with Crippen molar-refractivity contribution in [1.82, 2.24) is 14.9 Å². The van der Waals surface area contributed by atoms with E-state index in [-0.39, 0.29) is 54.4 Å². The molecule has 4 heterocycles. The van der Waals surface area contributed by atoms with Crippen LogP contribution in [0.4, 0.5) is 4.39 Å². The summed E-state index contributed by atoms with van der Waals surface area (Å²) in [6.07, 6.45) is 1.15. The number of hydrogen-bond donors (Lipinski definition) is 2. The number of ether oxygens (including phenoxy) is 2. The maximum atomic E-state index is 15.1. The van der Waals surface area contributed by atoms with Gasteiger partial charge >= 0.3 is 11.9 Å². The molecule has 0 fully saturated rings. The van der Waals surface area contributed by atoms with E-state index in [1.165, 1.54) is 13.0 Å². The SMILES string of the molecule is CC[C@@]1(OC(=O)[C@@H](N)C(C)C)C(=O)OCc2c1cc1n(c2=O)Cc2c-1nc1cc(F)c(C)c3c1c2[C@@H](NC(C)=O)CC3. The van der Waals surface area contributed by atoms with Crippen molar-refractivity contribution in [2.24, 2.45) is 11.7 Å². The molecular formula is C31H33FN4O6. The van der Waals surface area contributed by atoms with E-state index in [0.29, 0.717) is 35.3 Å². The van der Waals surface area contributed by atoms with Gasteiger partial charge in [0.05, 0.1) is 35.1 Å². The third-order valence-electron chi connectivity index (χ3n) is 8.99. The van der Waals surface area contributed by atoms with Crippen LogP contribution >= 0.6 is 0 Å². The molecule has 3 aromatic rings. The normalized spacial score (nSPS) is 21.0. The molecular weight excluding hydrogens is 543 g/mol. The number of esters is 2. The Morgan fingerprint density at radius 2 is 2.00 bits per heavy atom. The van der Waals surface area contributed by atoms with Gasteiger partial charge in [0, 0.05) is 29.5 Å². The summed E-state index contributed by atoms with van der Waals surface area (Å²) in [6.45, 7) is 8.28. The molecule has 0 saturated heterocycles. The van der Waals surface area contributed by atoms with E-state index in [9.17, 15) is 19.2 Å². The van der Waals surface area contributed by atoms with Crippen LogP contribution in [-0.4, -0.2) is 33.4 Å². The minimum atomic E-state index is -1.87. The van der Waals surface area contributed by atoms with Crippen molar-refractivity contribution < 1.29 is 28.2 Å². The van der Waals surface area contributed by atoms with Gasteiger partial charge in [-0.05, 0) is 54.9 Å². The molecule has 0 unspecified atom stereocenters. The van der Waals surface area contributed by atoms with Crippen LogP contribution in [-0.2, 0) is 49.0 Å². The van der Waals surface area contributed by atoms with Gasteiger partial charge in [0.2, 0.25) is 11.5 Å². The summed E-state index contributed by atoms with van der Waals surface area (Å²) in [7, 11) is 0. The molecule has 42 heavy (non-hydrogen) atoms. The molecule has 2 aliphatic heterocycles. The van der Waals surface area contributed by atoms with Crippen molar-refractivity contribution in [2.75, 3.05) is 0 Å². The fourth-order valence-corrected chi connectivity index (χ4v) is 6.61. The zero-order valence-corrected chi connectivity index (χ0v) is 24.2. The van der Waals surface area contributed by atoms with E-state index >= 15 is 4.39 Å². The molecule has 1 aromatic carbocycles. The first-order valence-electron chi connectivity index (χ1n) is 14.2. The van der Waals surface area contributed by atoms with Crippen molar-refractivity contribution in [3.8, 4) is 11.4 Å². The molecule has 220 valence electrons. The zero-order chi connectivity index (χ0) is 30.2. The Morgan fingerprint density at radius 3 is 2.67 bits per heavy atom. The molecule has 0 spiro atoms. The number of carbonyl (C=O) groups excluding carboxylic acids is 3. The Kier molecular flexibility index (Phi) is 6.49. The summed E-state index contributed by atoms with van der Waals surface area (Å²) < 4.78 is 27.8. The number of hydrogen-bond acceptors (Lipinski definition) is 8. The summed E-state index contributed by atoms with van der Waals surface area (Å²) in [6, 6.07) is 1.71. The average molecular weight is 577 g/mol. The number of cyclic esters (lactones) is 1. The Labute approximate surface area is 241 Å². The van der Waals surface area contributed by atoms with Gasteiger partial charge in [0.1, 0.15) is 18.5 Å². The molecule has 11 heteroatoms. The van der Waals surface area contributed by atoms with E-state index < -0.39 is 29.1 Å². The number of rotatable bonds is 5. The van der Waals surface area contributed by atoms with E-state index in [4.69, 9.17) is 20.2 Å². The highest BCUT2D eigenvalue weighted by Crippen LogP contribution is 2.46. The lowest BCUT2D eigenvalue weighted by atomic mass is 9.81. The minimum Gasteiger partial charge on any atom is -0.457 e. The smallest absolute Gasteiger partial charge is 0.355 e. The molecule has 0 saturated carbocycles. The van der Waals surface area contributed by atoms with Crippen molar-refractivity contribution in [2.45, 2.75) is 84.7 Å². The summed E-state index contributed by atoms with van der Waals surface area (Å²) >= 11 is 0. The van der Waals surface area contributed by atoms with E-state index in [1.807, 2.05) is 0 Å². The number of amides is 1. The third-order valence-corrected chi connectivity index (χ3v) is 8.99. The number of nitrogens with two attached hydrogens (primary N) is 1. The topological polar surface area (TPSA) is 143 Å². The van der Waals surface area contributed by atoms with Crippen LogP contribution in [0.2, 0.25) is 0 Å². The molecule has 1 amide bonds. The van der Waals surface area contributed by atoms with Crippen LogP contribution < -0.4 is 16.6 Å². The maximum absolute atomic E-state index is 15.1. The summed E-state index contributed by atoms with van der Waals surface area (Å²) in [4.78, 5) is 57.3. The van der Waals surface area contributed by atoms with Gasteiger partial charge in [-0.2, -0.15) is 0 Å². The number of fused-ring (bicyclic) bond motifs is 5. The van der Waals surface area contributed by atoms with Crippen LogP contribution in [0.3, 0.4) is 0 Å². The number of aryl methyl sites for hydroxylation is 1. The zero-order valence-electron chi connectivity index (χ0n) is 24.2. The number of pyridine rings is 2. The quantitative estimate of drug-likeness (QED) is 0.345. The number of aromatic nitrogens is 2. The van der Waals surface area contributed by atoms with Gasteiger partial charge in [-0.1, -0.05) is 20.8 Å². The number of carbonyl (C=O) groups is 3. The molecule has 3 N–H and O–H groups in total. The molecule has 1 aliphatic carbocycles. The molecule has 2 aromatic heterocycles. The monoisotopic (exact) mass is 576 g/mol. The lowest BCUT2D eigenvalue weighted by molar-refractivity contribution is -0.190. The number of halogens is 1. The number of nitrogens with zero attached hydrogens (tertiary/aromatic N) is 2. The summed E-state index contributed by atoms with van der Waals surface area (Å²) in [5.41, 5.74) is 8.47. The highest BCUT2D eigenvalue weighted by Gasteiger charge is 2.51. The third kappa shape index (κ3) is 3.89. The second kappa shape index (κ2) is 9.72. The first kappa shape index (κ1) is 28.0. The van der Waals surface area contributed by atoms with Gasteiger partial charge in [0.25, 0.3) is 5.56 Å². The molecule has 10 nitrogen and oxygen atoms in total. The van der Waals surface area contributed by atoms with Gasteiger partial charge in [-0.3, -0.25) is 14.4 Å². The van der Waals surface area contributed by atoms with Gasteiger partial charge < -0.3 is 25.1 Å². The van der Waals surface area contributed by atoms with Gasteiger partial charge in [0.15, 0.2) is 0 Å². The fraction of sp³-hybridized carbons (Fsp3) is 0.452. The minimum absolute atomic E-state index is 0.0139. The van der Waals surface area contributed by atoms with Crippen molar-refractivity contribution in [3.05, 3.63) is 61.7 Å². The molecule has 6 rings (SSSR count). The molecule has 3 atom stereocenters. The van der Waals surface area contributed by atoms with Crippen LogP contribution in [0.25, 0.3) is 22.3 Å². The second-order valence-corrected chi connectivity index (χ2v) is 11.8. The van der Waals surface area contributed by atoms with Crippen molar-refractivity contribution in [1.29, 1.82) is 0 Å². The number of nitrogens with one attached hydrogen (secondary N) is 1. The Balaban J connectivity index is 1.61. The fourth-order valence-electron chi connectivity index (χ4n) is 6.61. The van der Waals surface area contributed by atoms with E-state index in [0.717, 1.165) is 22.1 Å². The highest BCUT2D eigenvalue weighted by atomic mass is 19.1. The summed E-state index contributed by atoms with van der Waals surface area (Å²) in [5.74, 6) is -2.38. The number of benzene rings is 1. The van der Waals surface area contributed by atoms with E-state index in [2.05, 4.69) is 5.32 Å². The molecule has 0 bridgehead atoms. The largest absolute Gasteiger partial charge is 0.457 e. The van der Waals surface area contributed by atoms with Crippen LogP contribution in [0.1, 0.15) is 80.0 Å². The van der Waals surface area contributed by atoms with Crippen LogP contribution in [0.5, 0.6) is 0 Å². The van der Waals surface area contributed by atoms with Crippen molar-refractivity contribution in [3.63, 3.8) is 0 Å². The standard InChI is InChI=1S/C31H33FN4O6/c1-6-31(42-29(39)26(33)13(2)3)19-9-23-27-17(11-36(23)28(38)18(19)12-41-30(31)40)25-21(34-15(5)37)8-7-16-14(4)20(32)10-22(35-27)24(16)25/h9-10,13,21,26H,6-8,11-12,33H2,1-5H3,(H,34,37)/t21-,26-,31-/m0/s1. The highest BCUT2D eigenvalue weighted by molar-refractivity contribution is 5.94. The lowest BCUT2D eigenvalue weighted by Gasteiger charge is -2.36. The first-order chi connectivity index (χ1) is 19.9. The van der Waals surface area contributed by atoms with E-state index in [1.54, 1.807) is 38.3 Å². The second-order valence-electron chi connectivity index (χ2n) is 11.8. The maximum Gasteiger partial charge on any atom is 0.355 e. The molecule has 0 radical (unpaired) electrons. The Morgan fingerprint density at radius 1 is 1.26 bits per heavy atom. The predicted molar refractivity (Wildman–Crippen MR) is 151 cm³/mol. The summed E-state index contributed by atoms with van der Waals surface area (Å²) in [5, 5.41) is 3.82. The predicted octanol–water partition coefficient (Wildman–Crippen LogP) is 3.18. The van der Waals surface area contributed by atoms with Gasteiger partial charge in [-0.25, -0.2) is 14.2 Å². The molecule has 3 aliphatic rings. The van der Waals surface area contributed by atoms with Crippen LogP contribution in [0, 0.1) is 18.7 Å². The Bertz CT molecular complexity index is 1780. The van der Waals surface area contributed by atoms with Gasteiger partial charge in [-0.15, -0.1) is 0 Å². The Hall–Kier alpha value is -4.12. The average Bonchev–Trinajstić information content (AvgIpc) is 3.31. The first-order valence-corrected chi connectivity index (χ1v) is 14.2. The van der Waals surface area contributed by atoms with Crippen LogP contribution in [0.15, 0.2) is 16.9 Å². The van der Waals surface area contributed by atoms with Crippen molar-refractivity contribution >= 4 is 28.7 Å². The lowest BCUT2D eigenvalue weighted by Crippen LogP contribution is -2.50.